The normalized spacial score (nSPS) is 21.3. The number of allylic oxidation sites excluding steroid dienone is 2. The lowest BCUT2D eigenvalue weighted by atomic mass is 9.81. The predicted molar refractivity (Wildman–Crippen MR) is 137 cm³/mol. The Morgan fingerprint density at radius 3 is 2.58 bits per heavy atom. The summed E-state index contributed by atoms with van der Waals surface area (Å²) in [6.45, 7) is 15.6. The van der Waals surface area contributed by atoms with Gasteiger partial charge in [-0.2, -0.15) is 0 Å². The molecule has 176 valence electrons. The quantitative estimate of drug-likeness (QED) is 0.505. The Bertz CT molecular complexity index is 1150. The number of thiophene rings is 1. The second-order valence-electron chi connectivity index (χ2n) is 10.9. The molecular weight excluding hydrogens is 430 g/mol. The molecule has 0 aliphatic carbocycles. The predicted octanol–water partition coefficient (Wildman–Crippen LogP) is 5.07. The smallest absolute Gasteiger partial charge is 0.341 e. The number of carbonyl (C=O) groups excluding carboxylic acids is 1. The molecule has 6 heteroatoms. The molecular formula is C27H36N3O2S+. The number of likely N-dealkylation sites (N-methyl/N-ethyl adjacent to an activating group) is 1. The first-order valence-corrected chi connectivity index (χ1v) is 12.5. The van der Waals surface area contributed by atoms with Crippen LogP contribution >= 0.6 is 11.3 Å². The number of ether oxygens (including phenoxy) is 1. The summed E-state index contributed by atoms with van der Waals surface area (Å²) in [5.74, 6) is -0.269. The number of hydrogen-bond acceptors (Lipinski definition) is 5. The largest absolute Gasteiger partial charge is 0.462 e. The maximum atomic E-state index is 13.0. The topological polar surface area (TPSA) is 58.5 Å². The summed E-state index contributed by atoms with van der Waals surface area (Å²) in [7, 11) is 2.10. The fraction of sp³-hybridized carbons (Fsp3) is 0.481. The van der Waals surface area contributed by atoms with Crippen molar-refractivity contribution in [1.82, 2.24) is 0 Å². The summed E-state index contributed by atoms with van der Waals surface area (Å²) >= 11 is 1.62. The average Bonchev–Trinajstić information content (AvgIpc) is 3.16. The van der Waals surface area contributed by atoms with Crippen LogP contribution in [0.1, 0.15) is 74.8 Å². The van der Waals surface area contributed by atoms with E-state index in [1.54, 1.807) is 11.3 Å². The lowest BCUT2D eigenvalue weighted by molar-refractivity contribution is -0.789. The number of aliphatic imine (C=N–C) groups is 1. The van der Waals surface area contributed by atoms with Crippen LogP contribution < -0.4 is 10.2 Å². The molecule has 0 saturated heterocycles. The summed E-state index contributed by atoms with van der Waals surface area (Å²) in [6, 6.07) is 8.51. The molecule has 33 heavy (non-hydrogen) atoms. The minimum Gasteiger partial charge on any atom is -0.462 e. The van der Waals surface area contributed by atoms with E-state index < -0.39 is 0 Å². The Morgan fingerprint density at radius 1 is 1.21 bits per heavy atom. The summed E-state index contributed by atoms with van der Waals surface area (Å²) < 4.78 is 5.46. The first-order chi connectivity index (χ1) is 15.4. The van der Waals surface area contributed by atoms with Crippen molar-refractivity contribution in [2.24, 2.45) is 4.99 Å². The van der Waals surface area contributed by atoms with Crippen LogP contribution in [0.5, 0.6) is 0 Å². The highest BCUT2D eigenvalue weighted by Gasteiger charge is 2.45. The van der Waals surface area contributed by atoms with E-state index >= 15 is 0 Å². The van der Waals surface area contributed by atoms with Gasteiger partial charge in [-0.15, -0.1) is 11.3 Å². The number of carbonyl (C=O) groups is 1. The van der Waals surface area contributed by atoms with Gasteiger partial charge >= 0.3 is 5.97 Å². The van der Waals surface area contributed by atoms with Crippen LogP contribution in [-0.4, -0.2) is 31.4 Å². The van der Waals surface area contributed by atoms with Gasteiger partial charge in [0.25, 0.3) is 0 Å². The van der Waals surface area contributed by atoms with Crippen LogP contribution in [-0.2, 0) is 22.1 Å². The van der Waals surface area contributed by atoms with E-state index in [0.717, 1.165) is 17.0 Å². The van der Waals surface area contributed by atoms with E-state index in [0.29, 0.717) is 12.2 Å². The molecule has 1 aromatic heterocycles. The van der Waals surface area contributed by atoms with Crippen LogP contribution in [0.4, 0.5) is 10.7 Å². The molecule has 0 amide bonds. The van der Waals surface area contributed by atoms with Gasteiger partial charge < -0.3 is 15.0 Å². The number of quaternary nitrogens is 1. The molecule has 0 radical (unpaired) electrons. The molecule has 0 fully saturated rings. The Hall–Kier alpha value is -2.44. The molecule has 3 heterocycles. The van der Waals surface area contributed by atoms with Crippen LogP contribution in [0.15, 0.2) is 41.0 Å². The minimum absolute atomic E-state index is 0.00411. The van der Waals surface area contributed by atoms with Crippen LogP contribution in [0, 0.1) is 0 Å². The van der Waals surface area contributed by atoms with Crippen LogP contribution in [0.2, 0.25) is 0 Å². The zero-order valence-corrected chi connectivity index (χ0v) is 21.9. The molecule has 0 spiro atoms. The van der Waals surface area contributed by atoms with Crippen molar-refractivity contribution in [3.63, 3.8) is 0 Å². The molecule has 2 aliphatic rings. The molecule has 0 saturated carbocycles. The number of fused-ring (bicyclic) bond motifs is 2. The number of para-hydroxylation sites is 1. The van der Waals surface area contributed by atoms with Crippen molar-refractivity contribution in [2.45, 2.75) is 71.4 Å². The lowest BCUT2D eigenvalue weighted by Crippen LogP contribution is -3.03. The molecule has 2 aliphatic heterocycles. The summed E-state index contributed by atoms with van der Waals surface area (Å²) in [5, 5.41) is 3.14. The number of rotatable bonds is 4. The van der Waals surface area contributed by atoms with Gasteiger partial charge in [-0.05, 0) is 57.9 Å². The highest BCUT2D eigenvalue weighted by Crippen LogP contribution is 2.47. The molecule has 5 nitrogen and oxygen atoms in total. The number of anilines is 1. The number of nitrogens with zero attached hydrogens (tertiary/aromatic N) is 2. The lowest BCUT2D eigenvalue weighted by Gasteiger charge is -2.38. The van der Waals surface area contributed by atoms with E-state index in [1.165, 1.54) is 21.8 Å². The summed E-state index contributed by atoms with van der Waals surface area (Å²) in [5.41, 5.74) is 5.22. The van der Waals surface area contributed by atoms with E-state index in [2.05, 4.69) is 89.1 Å². The minimum atomic E-state index is -0.269. The monoisotopic (exact) mass is 466 g/mol. The second kappa shape index (κ2) is 8.10. The van der Waals surface area contributed by atoms with Crippen molar-refractivity contribution in [3.05, 3.63) is 57.6 Å². The van der Waals surface area contributed by atoms with Crippen LogP contribution in [0.3, 0.4) is 0 Å². The third-order valence-electron chi connectivity index (χ3n) is 6.80. The maximum absolute atomic E-state index is 13.0. The van der Waals surface area contributed by atoms with E-state index in [1.807, 2.05) is 13.1 Å². The fourth-order valence-electron chi connectivity index (χ4n) is 5.67. The summed E-state index contributed by atoms with van der Waals surface area (Å²) in [4.78, 5) is 21.3. The molecule has 1 aromatic carbocycles. The maximum Gasteiger partial charge on any atom is 0.341 e. The van der Waals surface area contributed by atoms with Crippen molar-refractivity contribution in [2.75, 3.05) is 18.6 Å². The van der Waals surface area contributed by atoms with Gasteiger partial charge in [-0.3, -0.25) is 0 Å². The first-order valence-electron chi connectivity index (χ1n) is 11.7. The van der Waals surface area contributed by atoms with Gasteiger partial charge in [0, 0.05) is 36.5 Å². The SMILES string of the molecule is CCOC(=O)c1c(N=C/C=C2/N(C)c3ccccc3C2(C)C)sc2c1CC(C)(C)[NH2+]C2(C)C. The van der Waals surface area contributed by atoms with Crippen LogP contribution in [0.25, 0.3) is 0 Å². The Morgan fingerprint density at radius 2 is 1.91 bits per heavy atom. The second-order valence-corrected chi connectivity index (χ2v) is 11.9. The zero-order valence-electron chi connectivity index (χ0n) is 21.1. The third kappa shape index (κ3) is 4.04. The highest BCUT2D eigenvalue weighted by atomic mass is 32.1. The highest BCUT2D eigenvalue weighted by molar-refractivity contribution is 7.16. The molecule has 0 unspecified atom stereocenters. The molecule has 2 N–H and O–H groups in total. The number of esters is 1. The Balaban J connectivity index is 1.76. The van der Waals surface area contributed by atoms with Crippen molar-refractivity contribution < 1.29 is 14.8 Å². The van der Waals surface area contributed by atoms with Gasteiger partial charge in [0.15, 0.2) is 0 Å². The van der Waals surface area contributed by atoms with E-state index in [4.69, 9.17) is 9.73 Å². The standard InChI is InChI=1S/C27H35N3O2S/c1-9-32-24(31)21-17-16-25(2,3)29-27(6,7)22(17)33-23(21)28-15-14-20-26(4,5)18-12-10-11-13-19(18)30(20)8/h10-15,29H,9,16H2,1-8H3/p+1/b20-14+,28-15?. The Kier molecular flexibility index (Phi) is 5.82. The van der Waals surface area contributed by atoms with Gasteiger partial charge in [0.2, 0.25) is 0 Å². The third-order valence-corrected chi connectivity index (χ3v) is 8.28. The number of hydrogen-bond donors (Lipinski definition) is 1. The van der Waals surface area contributed by atoms with Crippen molar-refractivity contribution in [3.8, 4) is 0 Å². The zero-order chi connectivity index (χ0) is 24.2. The van der Waals surface area contributed by atoms with Gasteiger partial charge in [0.1, 0.15) is 16.1 Å². The molecule has 4 rings (SSSR count). The fourth-order valence-corrected chi connectivity index (χ4v) is 6.91. The van der Waals surface area contributed by atoms with E-state index in [9.17, 15) is 4.79 Å². The average molecular weight is 467 g/mol. The number of benzene rings is 1. The van der Waals surface area contributed by atoms with Crippen molar-refractivity contribution >= 4 is 34.2 Å². The summed E-state index contributed by atoms with van der Waals surface area (Å²) in [6.07, 6.45) is 4.74. The van der Waals surface area contributed by atoms with E-state index in [-0.39, 0.29) is 22.5 Å². The van der Waals surface area contributed by atoms with Gasteiger partial charge in [0.05, 0.1) is 17.0 Å². The van der Waals surface area contributed by atoms with Gasteiger partial charge in [-0.1, -0.05) is 32.0 Å². The molecule has 0 atom stereocenters. The Labute approximate surface area is 201 Å². The molecule has 2 aromatic rings. The first kappa shape index (κ1) is 23.7. The molecule has 0 bridgehead atoms. The van der Waals surface area contributed by atoms with Crippen molar-refractivity contribution in [1.29, 1.82) is 0 Å². The van der Waals surface area contributed by atoms with Gasteiger partial charge in [-0.25, -0.2) is 9.79 Å². The number of nitrogens with two attached hydrogens (primary N) is 1.